The summed E-state index contributed by atoms with van der Waals surface area (Å²) in [5.41, 5.74) is 0.755. The number of rotatable bonds is 2. The normalized spacial score (nSPS) is 10.2. The Labute approximate surface area is 97.5 Å². The number of hydrogen-bond donors (Lipinski definition) is 0. The van der Waals surface area contributed by atoms with Gasteiger partial charge in [0.1, 0.15) is 5.75 Å². The molecule has 0 atom stereocenters. The van der Waals surface area contributed by atoms with E-state index in [9.17, 15) is 0 Å². The van der Waals surface area contributed by atoms with Crippen molar-refractivity contribution in [2.45, 2.75) is 6.92 Å². The third kappa shape index (κ3) is 2.09. The lowest BCUT2D eigenvalue weighted by Gasteiger charge is -2.04. The topological polar surface area (TPSA) is 60.8 Å². The average molecular weight is 237 g/mol. The number of nitrogens with zero attached hydrogens (tertiary/aromatic N) is 4. The third-order valence-corrected chi connectivity index (χ3v) is 2.28. The maximum absolute atomic E-state index is 5.99. The van der Waals surface area contributed by atoms with Gasteiger partial charge in [-0.05, 0) is 25.1 Å². The van der Waals surface area contributed by atoms with E-state index in [2.05, 4.69) is 20.4 Å². The van der Waals surface area contributed by atoms with E-state index in [0.717, 1.165) is 5.56 Å². The summed E-state index contributed by atoms with van der Waals surface area (Å²) in [6.07, 6.45) is 0. The third-order valence-electron chi connectivity index (χ3n) is 1.99. The van der Waals surface area contributed by atoms with Gasteiger partial charge in [0.05, 0.1) is 12.1 Å². The van der Waals surface area contributed by atoms with Gasteiger partial charge in [0.25, 0.3) is 0 Å². The molecule has 1 aromatic carbocycles. The van der Waals surface area contributed by atoms with Gasteiger partial charge in [-0.1, -0.05) is 11.6 Å². The summed E-state index contributed by atoms with van der Waals surface area (Å²) >= 11 is 5.99. The van der Waals surface area contributed by atoms with Crippen molar-refractivity contribution < 1.29 is 4.74 Å². The summed E-state index contributed by atoms with van der Waals surface area (Å²) in [6, 6.07) is 5.27. The summed E-state index contributed by atoms with van der Waals surface area (Å²) in [5, 5.41) is 16.0. The standard InChI is InChI=1S/C10H9ClN4O/c1-6-12-14-10(15-13-6)7-3-4-9(16-2)8(11)5-7/h3-5H,1-2H3. The van der Waals surface area contributed by atoms with Gasteiger partial charge in [0.15, 0.2) is 5.82 Å². The molecule has 2 aromatic rings. The number of methoxy groups -OCH3 is 1. The van der Waals surface area contributed by atoms with Crippen LogP contribution in [-0.4, -0.2) is 27.5 Å². The Hall–Kier alpha value is -1.75. The first-order valence-corrected chi connectivity index (χ1v) is 4.96. The number of aryl methyl sites for hydroxylation is 1. The van der Waals surface area contributed by atoms with Crippen LogP contribution in [0.4, 0.5) is 0 Å². The van der Waals surface area contributed by atoms with Crippen molar-refractivity contribution >= 4 is 11.6 Å². The molecular weight excluding hydrogens is 228 g/mol. The Bertz CT molecular complexity index is 501. The molecule has 6 heteroatoms. The van der Waals surface area contributed by atoms with E-state index in [-0.39, 0.29) is 0 Å². The quantitative estimate of drug-likeness (QED) is 0.797. The van der Waals surface area contributed by atoms with E-state index in [4.69, 9.17) is 16.3 Å². The van der Waals surface area contributed by atoms with Crippen molar-refractivity contribution in [3.63, 3.8) is 0 Å². The molecule has 1 aromatic heterocycles. The second-order valence-corrected chi connectivity index (χ2v) is 3.53. The molecule has 1 heterocycles. The first-order chi connectivity index (χ1) is 7.70. The molecular formula is C10H9ClN4O. The lowest BCUT2D eigenvalue weighted by atomic mass is 10.2. The Balaban J connectivity index is 2.41. The first kappa shape index (κ1) is 10.8. The lowest BCUT2D eigenvalue weighted by molar-refractivity contribution is 0.415. The molecule has 0 saturated heterocycles. The predicted molar refractivity (Wildman–Crippen MR) is 59.4 cm³/mol. The van der Waals surface area contributed by atoms with Gasteiger partial charge in [-0.25, -0.2) is 0 Å². The number of hydrogen-bond acceptors (Lipinski definition) is 5. The molecule has 2 rings (SSSR count). The van der Waals surface area contributed by atoms with Gasteiger partial charge >= 0.3 is 0 Å². The fourth-order valence-corrected chi connectivity index (χ4v) is 1.46. The van der Waals surface area contributed by atoms with Gasteiger partial charge in [-0.3, -0.25) is 0 Å². The van der Waals surface area contributed by atoms with E-state index >= 15 is 0 Å². The highest BCUT2D eigenvalue weighted by atomic mass is 35.5. The second-order valence-electron chi connectivity index (χ2n) is 3.12. The van der Waals surface area contributed by atoms with Crippen molar-refractivity contribution in [3.8, 4) is 17.1 Å². The molecule has 82 valence electrons. The zero-order valence-electron chi connectivity index (χ0n) is 8.81. The van der Waals surface area contributed by atoms with Crippen LogP contribution in [0.3, 0.4) is 0 Å². The summed E-state index contributed by atoms with van der Waals surface area (Å²) < 4.78 is 5.05. The number of aromatic nitrogens is 4. The maximum atomic E-state index is 5.99. The van der Waals surface area contributed by atoms with Crippen LogP contribution in [0.1, 0.15) is 5.82 Å². The van der Waals surface area contributed by atoms with Gasteiger partial charge in [0, 0.05) is 5.56 Å². The Morgan fingerprint density at radius 2 is 1.81 bits per heavy atom. The summed E-state index contributed by atoms with van der Waals surface area (Å²) in [4.78, 5) is 0. The molecule has 0 aliphatic rings. The highest BCUT2D eigenvalue weighted by molar-refractivity contribution is 6.32. The van der Waals surface area contributed by atoms with Crippen LogP contribution >= 0.6 is 11.6 Å². The maximum Gasteiger partial charge on any atom is 0.203 e. The van der Waals surface area contributed by atoms with Gasteiger partial charge in [-0.15, -0.1) is 20.4 Å². The van der Waals surface area contributed by atoms with E-state index in [1.807, 2.05) is 0 Å². The Morgan fingerprint density at radius 3 is 2.38 bits per heavy atom. The molecule has 5 nitrogen and oxygen atoms in total. The zero-order chi connectivity index (χ0) is 11.5. The molecule has 0 amide bonds. The van der Waals surface area contributed by atoms with Crippen LogP contribution in [-0.2, 0) is 0 Å². The molecule has 0 N–H and O–H groups in total. The number of ether oxygens (including phenoxy) is 1. The summed E-state index contributed by atoms with van der Waals surface area (Å²) in [7, 11) is 1.56. The van der Waals surface area contributed by atoms with Crippen LogP contribution in [0.5, 0.6) is 5.75 Å². The van der Waals surface area contributed by atoms with Crippen molar-refractivity contribution in [2.75, 3.05) is 7.11 Å². The van der Waals surface area contributed by atoms with Crippen LogP contribution in [0.25, 0.3) is 11.4 Å². The van der Waals surface area contributed by atoms with Crippen LogP contribution in [0, 0.1) is 6.92 Å². The van der Waals surface area contributed by atoms with Gasteiger partial charge in [-0.2, -0.15) is 0 Å². The molecule has 0 aliphatic carbocycles. The van der Waals surface area contributed by atoms with Crippen molar-refractivity contribution in [1.82, 2.24) is 20.4 Å². The minimum absolute atomic E-state index is 0.440. The first-order valence-electron chi connectivity index (χ1n) is 4.58. The van der Waals surface area contributed by atoms with Crippen molar-refractivity contribution in [1.29, 1.82) is 0 Å². The summed E-state index contributed by atoms with van der Waals surface area (Å²) in [6.45, 7) is 1.73. The minimum atomic E-state index is 0.440. The predicted octanol–water partition coefficient (Wildman–Crippen LogP) is 1.90. The smallest absolute Gasteiger partial charge is 0.203 e. The molecule has 0 spiro atoms. The van der Waals surface area contributed by atoms with Crippen molar-refractivity contribution in [2.24, 2.45) is 0 Å². The largest absolute Gasteiger partial charge is 0.495 e. The molecule has 0 saturated carbocycles. The lowest BCUT2D eigenvalue weighted by Crippen LogP contribution is -1.98. The van der Waals surface area contributed by atoms with Gasteiger partial charge in [0.2, 0.25) is 5.82 Å². The van der Waals surface area contributed by atoms with E-state index < -0.39 is 0 Å². The van der Waals surface area contributed by atoms with E-state index in [1.54, 1.807) is 32.2 Å². The fourth-order valence-electron chi connectivity index (χ4n) is 1.20. The number of benzene rings is 1. The molecule has 0 aliphatic heterocycles. The summed E-state index contributed by atoms with van der Waals surface area (Å²) in [5.74, 6) is 1.58. The SMILES string of the molecule is COc1ccc(-c2nnc(C)nn2)cc1Cl. The molecule has 16 heavy (non-hydrogen) atoms. The van der Waals surface area contributed by atoms with Crippen LogP contribution < -0.4 is 4.74 Å². The van der Waals surface area contributed by atoms with Crippen LogP contribution in [0.2, 0.25) is 5.02 Å². The Kier molecular flexibility index (Phi) is 2.96. The number of halogens is 1. The van der Waals surface area contributed by atoms with E-state index in [0.29, 0.717) is 22.4 Å². The monoisotopic (exact) mass is 236 g/mol. The highest BCUT2D eigenvalue weighted by Crippen LogP contribution is 2.28. The highest BCUT2D eigenvalue weighted by Gasteiger charge is 2.06. The molecule has 0 fully saturated rings. The van der Waals surface area contributed by atoms with Crippen molar-refractivity contribution in [3.05, 3.63) is 29.0 Å². The van der Waals surface area contributed by atoms with Crippen LogP contribution in [0.15, 0.2) is 18.2 Å². The molecule has 0 bridgehead atoms. The minimum Gasteiger partial charge on any atom is -0.495 e. The average Bonchev–Trinajstić information content (AvgIpc) is 2.30. The molecule has 0 unspecified atom stereocenters. The molecule has 0 radical (unpaired) electrons. The van der Waals surface area contributed by atoms with Gasteiger partial charge < -0.3 is 4.74 Å². The zero-order valence-corrected chi connectivity index (χ0v) is 9.56. The fraction of sp³-hybridized carbons (Fsp3) is 0.200. The van der Waals surface area contributed by atoms with E-state index in [1.165, 1.54) is 0 Å². The Morgan fingerprint density at radius 1 is 1.12 bits per heavy atom. The second kappa shape index (κ2) is 4.40.